The normalized spacial score (nSPS) is 22.7. The summed E-state index contributed by atoms with van der Waals surface area (Å²) in [6.07, 6.45) is 1.32. The van der Waals surface area contributed by atoms with E-state index >= 15 is 0 Å². The van der Waals surface area contributed by atoms with E-state index in [1.54, 1.807) is 23.9 Å². The Morgan fingerprint density at radius 2 is 1.73 bits per heavy atom. The van der Waals surface area contributed by atoms with Gasteiger partial charge < -0.3 is 10.4 Å². The number of aliphatic hydroxyl groups excluding tert-OH is 1. The zero-order valence-corrected chi connectivity index (χ0v) is 12.8. The molecule has 1 fully saturated rings. The highest BCUT2D eigenvalue weighted by atomic mass is 32.2. The quantitative estimate of drug-likeness (QED) is 0.916. The third-order valence-corrected chi connectivity index (χ3v) is 4.78. The van der Waals surface area contributed by atoms with E-state index in [-0.39, 0.29) is 11.9 Å². The van der Waals surface area contributed by atoms with Gasteiger partial charge >= 0.3 is 0 Å². The summed E-state index contributed by atoms with van der Waals surface area (Å²) in [5.74, 6) is 0.532. The highest BCUT2D eigenvalue weighted by Gasteiger charge is 2.31. The topological polar surface area (TPSA) is 49.3 Å². The second kappa shape index (κ2) is 6.81. The summed E-state index contributed by atoms with van der Waals surface area (Å²) >= 11 is 1.59. The van der Waals surface area contributed by atoms with Crippen molar-refractivity contribution >= 4 is 23.7 Å². The smallest absolute Gasteiger partial charge is 0.251 e. The SMILES string of the molecule is O=C(NC1CSC(=Cc2ccccc2)C1O)c1ccccc1. The van der Waals surface area contributed by atoms with Gasteiger partial charge in [0.2, 0.25) is 0 Å². The van der Waals surface area contributed by atoms with Crippen molar-refractivity contribution in [3.8, 4) is 0 Å². The van der Waals surface area contributed by atoms with Crippen LogP contribution in [0, 0.1) is 0 Å². The molecule has 4 heteroatoms. The highest BCUT2D eigenvalue weighted by molar-refractivity contribution is 8.03. The maximum absolute atomic E-state index is 12.2. The number of hydrogen-bond donors (Lipinski definition) is 2. The van der Waals surface area contributed by atoms with Gasteiger partial charge in [-0.1, -0.05) is 48.5 Å². The van der Waals surface area contributed by atoms with Gasteiger partial charge in [0.05, 0.1) is 6.04 Å². The molecule has 1 saturated heterocycles. The van der Waals surface area contributed by atoms with Crippen LogP contribution in [0.15, 0.2) is 65.6 Å². The molecule has 1 amide bonds. The van der Waals surface area contributed by atoms with Crippen LogP contribution in [0.2, 0.25) is 0 Å². The molecule has 2 unspecified atom stereocenters. The van der Waals surface area contributed by atoms with Crippen LogP contribution < -0.4 is 5.32 Å². The minimum Gasteiger partial charge on any atom is -0.386 e. The lowest BCUT2D eigenvalue weighted by Gasteiger charge is -2.16. The first kappa shape index (κ1) is 14.9. The Labute approximate surface area is 134 Å². The molecular formula is C18H17NO2S. The molecule has 0 bridgehead atoms. The lowest BCUT2D eigenvalue weighted by molar-refractivity contribution is 0.0900. The molecule has 2 atom stereocenters. The maximum Gasteiger partial charge on any atom is 0.251 e. The summed E-state index contributed by atoms with van der Waals surface area (Å²) in [7, 11) is 0. The maximum atomic E-state index is 12.2. The van der Waals surface area contributed by atoms with E-state index in [2.05, 4.69) is 5.32 Å². The Morgan fingerprint density at radius 3 is 2.41 bits per heavy atom. The number of rotatable bonds is 3. The molecule has 1 aliphatic rings. The third kappa shape index (κ3) is 3.40. The second-order valence-electron chi connectivity index (χ2n) is 5.16. The molecule has 112 valence electrons. The minimum atomic E-state index is -0.655. The van der Waals surface area contributed by atoms with Crippen molar-refractivity contribution in [2.45, 2.75) is 12.1 Å². The summed E-state index contributed by atoms with van der Waals surface area (Å²) in [4.78, 5) is 13.1. The highest BCUT2D eigenvalue weighted by Crippen LogP contribution is 2.33. The van der Waals surface area contributed by atoms with Gasteiger partial charge in [-0.15, -0.1) is 11.8 Å². The van der Waals surface area contributed by atoms with Crippen LogP contribution in [0.25, 0.3) is 6.08 Å². The second-order valence-corrected chi connectivity index (χ2v) is 6.25. The number of carbonyl (C=O) groups excluding carboxylic acids is 1. The van der Waals surface area contributed by atoms with Crippen molar-refractivity contribution in [3.05, 3.63) is 76.7 Å². The van der Waals surface area contributed by atoms with Gasteiger partial charge in [-0.3, -0.25) is 4.79 Å². The van der Waals surface area contributed by atoms with Gasteiger partial charge in [0.15, 0.2) is 0 Å². The number of amides is 1. The Balaban J connectivity index is 1.68. The lowest BCUT2D eigenvalue weighted by atomic mass is 10.1. The third-order valence-electron chi connectivity index (χ3n) is 3.56. The van der Waals surface area contributed by atoms with E-state index in [4.69, 9.17) is 0 Å². The molecule has 3 nitrogen and oxygen atoms in total. The molecule has 2 N–H and O–H groups in total. The predicted octanol–water partition coefficient (Wildman–Crippen LogP) is 2.93. The van der Waals surface area contributed by atoms with E-state index < -0.39 is 6.10 Å². The van der Waals surface area contributed by atoms with Crippen LogP contribution in [0.3, 0.4) is 0 Å². The number of thioether (sulfide) groups is 1. The average molecular weight is 311 g/mol. The molecule has 2 aromatic carbocycles. The number of nitrogens with one attached hydrogen (secondary N) is 1. The van der Waals surface area contributed by atoms with Gasteiger partial charge in [0.25, 0.3) is 5.91 Å². The summed E-state index contributed by atoms with van der Waals surface area (Å²) in [5, 5.41) is 13.3. The fourth-order valence-corrected chi connectivity index (χ4v) is 3.56. The van der Waals surface area contributed by atoms with Crippen LogP contribution in [0.5, 0.6) is 0 Å². The Bertz CT molecular complexity index is 670. The molecule has 0 spiro atoms. The number of benzene rings is 2. The van der Waals surface area contributed by atoms with E-state index in [1.807, 2.05) is 54.6 Å². The summed E-state index contributed by atoms with van der Waals surface area (Å²) in [5.41, 5.74) is 1.67. The predicted molar refractivity (Wildman–Crippen MR) is 90.6 cm³/mol. The zero-order chi connectivity index (χ0) is 15.4. The van der Waals surface area contributed by atoms with Crippen LogP contribution in [-0.4, -0.2) is 28.9 Å². The first-order valence-corrected chi connectivity index (χ1v) is 8.16. The van der Waals surface area contributed by atoms with E-state index in [1.165, 1.54) is 0 Å². The summed E-state index contributed by atoms with van der Waals surface area (Å²) in [6, 6.07) is 18.7. The number of aliphatic hydroxyl groups is 1. The van der Waals surface area contributed by atoms with Gasteiger partial charge in [-0.2, -0.15) is 0 Å². The van der Waals surface area contributed by atoms with E-state index in [0.29, 0.717) is 11.3 Å². The van der Waals surface area contributed by atoms with Gasteiger partial charge in [-0.25, -0.2) is 0 Å². The lowest BCUT2D eigenvalue weighted by Crippen LogP contribution is -2.42. The molecule has 0 aliphatic carbocycles. The van der Waals surface area contributed by atoms with Crippen molar-refractivity contribution in [1.29, 1.82) is 0 Å². The van der Waals surface area contributed by atoms with Crippen LogP contribution >= 0.6 is 11.8 Å². The van der Waals surface area contributed by atoms with Crippen molar-refractivity contribution < 1.29 is 9.90 Å². The van der Waals surface area contributed by atoms with Crippen molar-refractivity contribution in [2.24, 2.45) is 0 Å². The largest absolute Gasteiger partial charge is 0.386 e. The minimum absolute atomic E-state index is 0.147. The molecule has 1 heterocycles. The number of carbonyl (C=O) groups is 1. The Kier molecular flexibility index (Phi) is 4.61. The van der Waals surface area contributed by atoms with Crippen LogP contribution in [0.4, 0.5) is 0 Å². The van der Waals surface area contributed by atoms with Gasteiger partial charge in [0.1, 0.15) is 6.10 Å². The molecule has 3 rings (SSSR count). The first-order valence-electron chi connectivity index (χ1n) is 7.17. The van der Waals surface area contributed by atoms with Gasteiger partial charge in [-0.05, 0) is 23.8 Å². The molecule has 2 aromatic rings. The fourth-order valence-electron chi connectivity index (χ4n) is 2.36. The molecule has 1 aliphatic heterocycles. The molecular weight excluding hydrogens is 294 g/mol. The average Bonchev–Trinajstić information content (AvgIpc) is 2.90. The molecule has 0 aromatic heterocycles. The number of hydrogen-bond acceptors (Lipinski definition) is 3. The van der Waals surface area contributed by atoms with Crippen LogP contribution in [0.1, 0.15) is 15.9 Å². The Hall–Kier alpha value is -2.04. The van der Waals surface area contributed by atoms with Crippen LogP contribution in [-0.2, 0) is 0 Å². The fraction of sp³-hybridized carbons (Fsp3) is 0.167. The first-order chi connectivity index (χ1) is 10.7. The molecule has 0 radical (unpaired) electrons. The van der Waals surface area contributed by atoms with E-state index in [0.717, 1.165) is 10.5 Å². The Morgan fingerprint density at radius 1 is 1.09 bits per heavy atom. The standard InChI is InChI=1S/C18H17NO2S/c20-17-15(19-18(21)14-9-5-2-6-10-14)12-22-16(17)11-13-7-3-1-4-8-13/h1-11,15,17,20H,12H2,(H,19,21). The molecule has 0 saturated carbocycles. The molecule has 22 heavy (non-hydrogen) atoms. The van der Waals surface area contributed by atoms with E-state index in [9.17, 15) is 9.90 Å². The monoisotopic (exact) mass is 311 g/mol. The zero-order valence-electron chi connectivity index (χ0n) is 12.0. The summed E-state index contributed by atoms with van der Waals surface area (Å²) in [6.45, 7) is 0. The van der Waals surface area contributed by atoms with Crippen molar-refractivity contribution in [3.63, 3.8) is 0 Å². The van der Waals surface area contributed by atoms with Crippen molar-refractivity contribution in [2.75, 3.05) is 5.75 Å². The van der Waals surface area contributed by atoms with Gasteiger partial charge in [0, 0.05) is 16.2 Å². The van der Waals surface area contributed by atoms with Crippen molar-refractivity contribution in [1.82, 2.24) is 5.32 Å². The summed E-state index contributed by atoms with van der Waals surface area (Å²) < 4.78 is 0.